The predicted molar refractivity (Wildman–Crippen MR) is 63.9 cm³/mol. The van der Waals surface area contributed by atoms with E-state index >= 15 is 0 Å². The normalized spacial score (nSPS) is 12.6. The first-order valence-electron chi connectivity index (χ1n) is 4.46. The molecule has 4 heteroatoms. The van der Waals surface area contributed by atoms with Crippen molar-refractivity contribution in [1.82, 2.24) is 0 Å². The first-order valence-corrected chi connectivity index (χ1v) is 5.63. The zero-order chi connectivity index (χ0) is 10.6. The van der Waals surface area contributed by atoms with E-state index in [0.717, 1.165) is 23.1 Å². The summed E-state index contributed by atoms with van der Waals surface area (Å²) in [7, 11) is 0. The lowest BCUT2D eigenvalue weighted by Crippen LogP contribution is -2.09. The summed E-state index contributed by atoms with van der Waals surface area (Å²) in [5.74, 6) is 0. The number of benzene rings is 1. The smallest absolute Gasteiger partial charge is 0.0568 e. The first kappa shape index (κ1) is 11.8. The van der Waals surface area contributed by atoms with E-state index < -0.39 is 0 Å². The van der Waals surface area contributed by atoms with Gasteiger partial charge in [-0.1, -0.05) is 11.6 Å². The Hall–Kier alpha value is -0.250. The third kappa shape index (κ3) is 3.86. The standard InChI is InChI=1S/C10H13BrClNO/c1-7(14)4-5-13-8-2-3-9(11)10(12)6-8/h2-3,6-7,13-14H,4-5H2,1H3. The van der Waals surface area contributed by atoms with Crippen LogP contribution in [0.15, 0.2) is 22.7 Å². The van der Waals surface area contributed by atoms with Gasteiger partial charge in [0.2, 0.25) is 0 Å². The van der Waals surface area contributed by atoms with Gasteiger partial charge in [-0.25, -0.2) is 0 Å². The molecule has 0 saturated heterocycles. The van der Waals surface area contributed by atoms with Gasteiger partial charge in [0, 0.05) is 16.7 Å². The molecule has 14 heavy (non-hydrogen) atoms. The fourth-order valence-corrected chi connectivity index (χ4v) is 1.46. The van der Waals surface area contributed by atoms with Crippen LogP contribution >= 0.6 is 27.5 Å². The molecule has 1 aromatic rings. The van der Waals surface area contributed by atoms with E-state index in [-0.39, 0.29) is 6.10 Å². The van der Waals surface area contributed by atoms with E-state index in [9.17, 15) is 0 Å². The van der Waals surface area contributed by atoms with Crippen molar-refractivity contribution in [3.8, 4) is 0 Å². The zero-order valence-corrected chi connectivity index (χ0v) is 10.3. The van der Waals surface area contributed by atoms with Gasteiger partial charge in [0.05, 0.1) is 11.1 Å². The fraction of sp³-hybridized carbons (Fsp3) is 0.400. The average molecular weight is 279 g/mol. The lowest BCUT2D eigenvalue weighted by Gasteiger charge is -2.08. The molecule has 0 aliphatic rings. The van der Waals surface area contributed by atoms with Gasteiger partial charge < -0.3 is 10.4 Å². The van der Waals surface area contributed by atoms with Crippen molar-refractivity contribution in [1.29, 1.82) is 0 Å². The molecule has 78 valence electrons. The van der Waals surface area contributed by atoms with E-state index in [0.29, 0.717) is 5.02 Å². The Balaban J connectivity index is 2.47. The number of rotatable bonds is 4. The van der Waals surface area contributed by atoms with Crippen LogP contribution in [0.1, 0.15) is 13.3 Å². The Morgan fingerprint density at radius 3 is 2.86 bits per heavy atom. The maximum atomic E-state index is 9.06. The summed E-state index contributed by atoms with van der Waals surface area (Å²) < 4.78 is 0.889. The maximum absolute atomic E-state index is 9.06. The molecule has 1 atom stereocenters. The second kappa shape index (κ2) is 5.59. The number of hydrogen-bond donors (Lipinski definition) is 2. The Labute approximate surface area is 97.4 Å². The highest BCUT2D eigenvalue weighted by molar-refractivity contribution is 9.10. The van der Waals surface area contributed by atoms with Crippen molar-refractivity contribution in [2.24, 2.45) is 0 Å². The van der Waals surface area contributed by atoms with Gasteiger partial charge in [-0.05, 0) is 47.5 Å². The van der Waals surface area contributed by atoms with Crippen molar-refractivity contribution >= 4 is 33.2 Å². The van der Waals surface area contributed by atoms with E-state index in [1.165, 1.54) is 0 Å². The van der Waals surface area contributed by atoms with Crippen LogP contribution in [0.2, 0.25) is 5.02 Å². The molecule has 0 spiro atoms. The summed E-state index contributed by atoms with van der Waals surface area (Å²) in [6.07, 6.45) is 0.460. The molecular formula is C10H13BrClNO. The van der Waals surface area contributed by atoms with Gasteiger partial charge in [-0.2, -0.15) is 0 Å². The Morgan fingerprint density at radius 2 is 2.29 bits per heavy atom. The van der Waals surface area contributed by atoms with E-state index in [4.69, 9.17) is 16.7 Å². The molecule has 1 rings (SSSR count). The number of hydrogen-bond acceptors (Lipinski definition) is 2. The number of aliphatic hydroxyl groups excluding tert-OH is 1. The molecule has 2 nitrogen and oxygen atoms in total. The van der Waals surface area contributed by atoms with Gasteiger partial charge in [0.25, 0.3) is 0 Å². The summed E-state index contributed by atoms with van der Waals surface area (Å²) in [4.78, 5) is 0. The second-order valence-electron chi connectivity index (χ2n) is 3.19. The number of nitrogens with one attached hydrogen (secondary N) is 1. The van der Waals surface area contributed by atoms with Crippen LogP contribution in [0.5, 0.6) is 0 Å². The van der Waals surface area contributed by atoms with Crippen LogP contribution in [-0.4, -0.2) is 17.8 Å². The van der Waals surface area contributed by atoms with Crippen LogP contribution in [0.25, 0.3) is 0 Å². The summed E-state index contributed by atoms with van der Waals surface area (Å²) >= 11 is 9.24. The molecule has 0 aliphatic carbocycles. The minimum Gasteiger partial charge on any atom is -0.393 e. The van der Waals surface area contributed by atoms with E-state index in [1.807, 2.05) is 18.2 Å². The van der Waals surface area contributed by atoms with Crippen LogP contribution in [0.3, 0.4) is 0 Å². The molecule has 0 aliphatic heterocycles. The lowest BCUT2D eigenvalue weighted by molar-refractivity contribution is 0.189. The molecule has 1 aromatic carbocycles. The molecule has 0 heterocycles. The van der Waals surface area contributed by atoms with Crippen LogP contribution in [0, 0.1) is 0 Å². The van der Waals surface area contributed by atoms with Crippen molar-refractivity contribution in [2.45, 2.75) is 19.4 Å². The van der Waals surface area contributed by atoms with Crippen molar-refractivity contribution < 1.29 is 5.11 Å². The number of anilines is 1. The lowest BCUT2D eigenvalue weighted by atomic mass is 10.2. The van der Waals surface area contributed by atoms with E-state index in [1.54, 1.807) is 6.92 Å². The van der Waals surface area contributed by atoms with Gasteiger partial charge >= 0.3 is 0 Å². The number of aliphatic hydroxyl groups is 1. The van der Waals surface area contributed by atoms with Crippen LogP contribution in [0.4, 0.5) is 5.69 Å². The van der Waals surface area contributed by atoms with Crippen LogP contribution < -0.4 is 5.32 Å². The molecule has 0 bridgehead atoms. The van der Waals surface area contributed by atoms with Gasteiger partial charge in [0.15, 0.2) is 0 Å². The maximum Gasteiger partial charge on any atom is 0.0568 e. The highest BCUT2D eigenvalue weighted by Gasteiger charge is 1.99. The molecule has 1 unspecified atom stereocenters. The zero-order valence-electron chi connectivity index (χ0n) is 7.93. The highest BCUT2D eigenvalue weighted by Crippen LogP contribution is 2.25. The molecule has 0 fully saturated rings. The number of halogens is 2. The highest BCUT2D eigenvalue weighted by atomic mass is 79.9. The van der Waals surface area contributed by atoms with Crippen molar-refractivity contribution in [3.63, 3.8) is 0 Å². The fourth-order valence-electron chi connectivity index (χ4n) is 1.03. The van der Waals surface area contributed by atoms with Gasteiger partial charge in [-0.3, -0.25) is 0 Å². The monoisotopic (exact) mass is 277 g/mol. The quantitative estimate of drug-likeness (QED) is 0.886. The summed E-state index contributed by atoms with van der Waals surface area (Å²) in [5, 5.41) is 12.9. The minimum absolute atomic E-state index is 0.270. The Morgan fingerprint density at radius 1 is 1.57 bits per heavy atom. The molecule has 0 amide bonds. The van der Waals surface area contributed by atoms with Gasteiger partial charge in [-0.15, -0.1) is 0 Å². The topological polar surface area (TPSA) is 32.3 Å². The van der Waals surface area contributed by atoms with Crippen molar-refractivity contribution in [3.05, 3.63) is 27.7 Å². The predicted octanol–water partition coefficient (Wildman–Crippen LogP) is 3.29. The molecule has 0 radical (unpaired) electrons. The van der Waals surface area contributed by atoms with Crippen LogP contribution in [-0.2, 0) is 0 Å². The minimum atomic E-state index is -0.270. The van der Waals surface area contributed by atoms with E-state index in [2.05, 4.69) is 21.2 Å². The Kier molecular flexibility index (Phi) is 4.72. The van der Waals surface area contributed by atoms with Crippen molar-refractivity contribution in [2.75, 3.05) is 11.9 Å². The molecule has 0 saturated carbocycles. The summed E-state index contributed by atoms with van der Waals surface area (Å²) in [5.41, 5.74) is 0.971. The largest absolute Gasteiger partial charge is 0.393 e. The molecular weight excluding hydrogens is 265 g/mol. The SMILES string of the molecule is CC(O)CCNc1ccc(Br)c(Cl)c1. The molecule has 0 aromatic heterocycles. The summed E-state index contributed by atoms with van der Waals surface area (Å²) in [6, 6.07) is 5.69. The third-order valence-corrected chi connectivity index (χ3v) is 3.04. The van der Waals surface area contributed by atoms with Gasteiger partial charge in [0.1, 0.15) is 0 Å². The first-order chi connectivity index (χ1) is 6.59. The second-order valence-corrected chi connectivity index (χ2v) is 4.45. The summed E-state index contributed by atoms with van der Waals surface area (Å²) in [6.45, 7) is 2.52. The Bertz CT molecular complexity index is 304. The third-order valence-electron chi connectivity index (χ3n) is 1.81. The average Bonchev–Trinajstić information content (AvgIpc) is 2.10. The molecule has 2 N–H and O–H groups in total.